The summed E-state index contributed by atoms with van der Waals surface area (Å²) in [6.45, 7) is 2.49. The molecule has 0 aromatic carbocycles. The third-order valence-electron chi connectivity index (χ3n) is 2.13. The lowest BCUT2D eigenvalue weighted by atomic mass is 10.3. The molecule has 1 fully saturated rings. The Morgan fingerprint density at radius 1 is 1.59 bits per heavy atom. The van der Waals surface area contributed by atoms with E-state index in [1.165, 1.54) is 11.8 Å². The molecule has 0 atom stereocenters. The molecule has 3 nitrogen and oxygen atoms in total. The molecule has 0 aliphatic carbocycles. The third-order valence-corrected chi connectivity index (χ3v) is 5.22. The zero-order valence-electron chi connectivity index (χ0n) is 8.70. The van der Waals surface area contributed by atoms with E-state index in [-0.39, 0.29) is 5.91 Å². The maximum atomic E-state index is 11.9. The Morgan fingerprint density at radius 3 is 2.76 bits per heavy atom. The molecule has 0 spiro atoms. The fourth-order valence-corrected chi connectivity index (χ4v) is 3.31. The van der Waals surface area contributed by atoms with Gasteiger partial charge < -0.3 is 4.42 Å². The van der Waals surface area contributed by atoms with Crippen molar-refractivity contribution in [3.63, 3.8) is 0 Å². The highest BCUT2D eigenvalue weighted by Gasteiger charge is 2.30. The minimum Gasteiger partial charge on any atom is -0.449 e. The van der Waals surface area contributed by atoms with Gasteiger partial charge in [-0.15, -0.1) is 0 Å². The van der Waals surface area contributed by atoms with Crippen molar-refractivity contribution in [2.75, 3.05) is 6.54 Å². The molecule has 0 radical (unpaired) electrons. The molecule has 1 amide bonds. The van der Waals surface area contributed by atoms with Gasteiger partial charge in [-0.25, -0.2) is 0 Å². The van der Waals surface area contributed by atoms with Crippen LogP contribution in [0.4, 0.5) is 0 Å². The largest absolute Gasteiger partial charge is 0.449 e. The van der Waals surface area contributed by atoms with E-state index in [4.69, 9.17) is 16.6 Å². The van der Waals surface area contributed by atoms with Crippen molar-refractivity contribution in [2.24, 2.45) is 0 Å². The van der Waals surface area contributed by atoms with Gasteiger partial charge in [0.15, 0.2) is 4.67 Å². The normalized spacial score (nSPS) is 18.5. The lowest BCUT2D eigenvalue weighted by Gasteiger charge is -2.09. The maximum absolute atomic E-state index is 11.9. The van der Waals surface area contributed by atoms with Crippen LogP contribution in [0.15, 0.2) is 24.5 Å². The first-order chi connectivity index (χ1) is 8.02. The molecule has 17 heavy (non-hydrogen) atoms. The summed E-state index contributed by atoms with van der Waals surface area (Å²) in [5, 5.41) is 0. The topological polar surface area (TPSA) is 33.5 Å². The number of amides is 1. The van der Waals surface area contributed by atoms with E-state index in [1.807, 2.05) is 6.92 Å². The number of furan rings is 1. The predicted octanol–water partition coefficient (Wildman–Crippen LogP) is 4.03. The highest BCUT2D eigenvalue weighted by molar-refractivity contribution is 9.13. The predicted molar refractivity (Wildman–Crippen MR) is 79.7 cm³/mol. The number of halogens is 2. The van der Waals surface area contributed by atoms with E-state index in [0.29, 0.717) is 26.2 Å². The van der Waals surface area contributed by atoms with Crippen LogP contribution < -0.4 is 0 Å². The van der Waals surface area contributed by atoms with Crippen LogP contribution in [-0.4, -0.2) is 21.7 Å². The van der Waals surface area contributed by atoms with Crippen molar-refractivity contribution < 1.29 is 9.21 Å². The molecule has 0 N–H and O–H groups in total. The van der Waals surface area contributed by atoms with Gasteiger partial charge in [0.1, 0.15) is 10.1 Å². The van der Waals surface area contributed by atoms with E-state index in [9.17, 15) is 4.79 Å². The minimum atomic E-state index is -0.0638. The van der Waals surface area contributed by atoms with Crippen molar-refractivity contribution in [1.82, 2.24) is 4.90 Å². The second-order valence-corrected chi connectivity index (χ2v) is 6.45. The van der Waals surface area contributed by atoms with Crippen molar-refractivity contribution in [1.29, 1.82) is 0 Å². The summed E-state index contributed by atoms with van der Waals surface area (Å²) in [6.07, 6.45) is 1.70. The average Bonchev–Trinajstić information content (AvgIpc) is 2.70. The number of nitrogens with zero attached hydrogens (tertiary/aromatic N) is 1. The second kappa shape index (κ2) is 5.26. The van der Waals surface area contributed by atoms with E-state index in [1.54, 1.807) is 17.0 Å². The molecule has 1 aromatic rings. The quantitative estimate of drug-likeness (QED) is 0.558. The summed E-state index contributed by atoms with van der Waals surface area (Å²) in [5.41, 5.74) is 0. The molecule has 1 saturated heterocycles. The Kier molecular flexibility index (Phi) is 4.12. The molecule has 0 saturated carbocycles. The number of carbonyl (C=O) groups is 1. The number of hydrogen-bond donors (Lipinski definition) is 0. The van der Waals surface area contributed by atoms with Crippen LogP contribution in [-0.2, 0) is 4.79 Å². The van der Waals surface area contributed by atoms with Crippen LogP contribution in [0.25, 0.3) is 6.08 Å². The van der Waals surface area contributed by atoms with Crippen LogP contribution in [0, 0.1) is 0 Å². The SMILES string of the molecule is CCN1C(=O)C(=Cc2cc(Br)c(Br)o2)SC1=S. The second-order valence-electron chi connectivity index (χ2n) is 3.20. The fraction of sp³-hybridized carbons (Fsp3) is 0.200. The van der Waals surface area contributed by atoms with Gasteiger partial charge in [-0.3, -0.25) is 9.69 Å². The van der Waals surface area contributed by atoms with Gasteiger partial charge in [-0.2, -0.15) is 0 Å². The molecule has 1 aliphatic rings. The summed E-state index contributed by atoms with van der Waals surface area (Å²) in [7, 11) is 0. The highest BCUT2D eigenvalue weighted by atomic mass is 79.9. The highest BCUT2D eigenvalue weighted by Crippen LogP contribution is 2.34. The number of hydrogen-bond acceptors (Lipinski definition) is 4. The van der Waals surface area contributed by atoms with E-state index >= 15 is 0 Å². The summed E-state index contributed by atoms with van der Waals surface area (Å²) >= 11 is 13.0. The van der Waals surface area contributed by atoms with Gasteiger partial charge >= 0.3 is 0 Å². The Balaban J connectivity index is 2.30. The molecule has 2 rings (SSSR count). The zero-order chi connectivity index (χ0) is 12.6. The van der Waals surface area contributed by atoms with Crippen LogP contribution in [0.2, 0.25) is 0 Å². The molecule has 7 heteroatoms. The maximum Gasteiger partial charge on any atom is 0.266 e. The smallest absolute Gasteiger partial charge is 0.266 e. The number of thiocarbonyl (C=S) groups is 1. The summed E-state index contributed by atoms with van der Waals surface area (Å²) < 4.78 is 7.41. The lowest BCUT2D eigenvalue weighted by Crippen LogP contribution is -2.27. The van der Waals surface area contributed by atoms with Gasteiger partial charge in [0.05, 0.1) is 9.38 Å². The Hall–Kier alpha value is -0.110. The monoisotopic (exact) mass is 395 g/mol. The average molecular weight is 397 g/mol. The molecule has 0 unspecified atom stereocenters. The zero-order valence-corrected chi connectivity index (χ0v) is 13.5. The van der Waals surface area contributed by atoms with E-state index in [0.717, 1.165) is 4.47 Å². The lowest BCUT2D eigenvalue weighted by molar-refractivity contribution is -0.121. The van der Waals surface area contributed by atoms with Crippen LogP contribution in [0.3, 0.4) is 0 Å². The number of likely N-dealkylation sites (N-methyl/N-ethyl adjacent to an activating group) is 1. The first-order valence-corrected chi connectivity index (χ1v) is 7.54. The molecule has 2 heterocycles. The van der Waals surface area contributed by atoms with Gasteiger partial charge in [-0.05, 0) is 44.8 Å². The molecule has 90 valence electrons. The standard InChI is InChI=1S/C10H7Br2NO2S2/c1-2-13-9(14)7(17-10(13)16)4-5-3-6(11)8(12)15-5/h3-4H,2H2,1H3. The van der Waals surface area contributed by atoms with Gasteiger partial charge in [0.2, 0.25) is 0 Å². The number of rotatable bonds is 2. The van der Waals surface area contributed by atoms with Gasteiger partial charge in [0.25, 0.3) is 5.91 Å². The molecular formula is C10H7Br2NO2S2. The molecule has 1 aromatic heterocycles. The van der Waals surface area contributed by atoms with Crippen molar-refractivity contribution in [2.45, 2.75) is 6.92 Å². The van der Waals surface area contributed by atoms with Crippen LogP contribution >= 0.6 is 55.8 Å². The third kappa shape index (κ3) is 2.67. The Morgan fingerprint density at radius 2 is 2.29 bits per heavy atom. The van der Waals surface area contributed by atoms with Crippen LogP contribution in [0.5, 0.6) is 0 Å². The van der Waals surface area contributed by atoms with Crippen molar-refractivity contribution >= 4 is 72.1 Å². The number of thioether (sulfide) groups is 1. The number of carbonyl (C=O) groups excluding carboxylic acids is 1. The molecular weight excluding hydrogens is 390 g/mol. The summed E-state index contributed by atoms with van der Waals surface area (Å²) in [5.74, 6) is 0.548. The fourth-order valence-electron chi connectivity index (χ4n) is 1.34. The summed E-state index contributed by atoms with van der Waals surface area (Å²) in [6, 6.07) is 1.79. The van der Waals surface area contributed by atoms with Gasteiger partial charge in [-0.1, -0.05) is 24.0 Å². The van der Waals surface area contributed by atoms with Crippen LogP contribution in [0.1, 0.15) is 12.7 Å². The first kappa shape index (κ1) is 13.3. The minimum absolute atomic E-state index is 0.0638. The van der Waals surface area contributed by atoms with Crippen molar-refractivity contribution in [3.05, 3.63) is 25.9 Å². The van der Waals surface area contributed by atoms with E-state index in [2.05, 4.69) is 31.9 Å². The Labute approximate surface area is 125 Å². The first-order valence-electron chi connectivity index (χ1n) is 4.73. The Bertz CT molecular complexity index is 505. The summed E-state index contributed by atoms with van der Waals surface area (Å²) in [4.78, 5) is 14.1. The molecule has 0 bridgehead atoms. The molecule has 1 aliphatic heterocycles. The van der Waals surface area contributed by atoms with Gasteiger partial charge in [0, 0.05) is 12.6 Å². The van der Waals surface area contributed by atoms with E-state index < -0.39 is 0 Å². The van der Waals surface area contributed by atoms with Crippen molar-refractivity contribution in [3.8, 4) is 0 Å².